The lowest BCUT2D eigenvalue weighted by Crippen LogP contribution is -2.43. The van der Waals surface area contributed by atoms with Crippen molar-refractivity contribution in [3.8, 4) is 11.3 Å². The third kappa shape index (κ3) is 6.35. The molecule has 0 aliphatic carbocycles. The van der Waals surface area contributed by atoms with Gasteiger partial charge in [-0.25, -0.2) is 9.97 Å². The Kier molecular flexibility index (Phi) is 7.49. The monoisotopic (exact) mass is 495 g/mol. The predicted octanol–water partition coefficient (Wildman–Crippen LogP) is 4.59. The molecule has 0 bridgehead atoms. The van der Waals surface area contributed by atoms with Gasteiger partial charge in [0.1, 0.15) is 0 Å². The van der Waals surface area contributed by atoms with Crippen LogP contribution < -0.4 is 10.6 Å². The van der Waals surface area contributed by atoms with Crippen LogP contribution in [-0.2, 0) is 6.54 Å². The first-order valence-electron chi connectivity index (χ1n) is 12.5. The minimum atomic E-state index is -0.143. The van der Waals surface area contributed by atoms with Gasteiger partial charge in [0.05, 0.1) is 5.69 Å². The van der Waals surface area contributed by atoms with Crippen LogP contribution >= 0.6 is 0 Å². The molecule has 0 saturated carbocycles. The number of likely N-dealkylation sites (N-methyl/N-ethyl adjacent to an activating group) is 1. The molecule has 0 unspecified atom stereocenters. The summed E-state index contributed by atoms with van der Waals surface area (Å²) in [6.07, 6.45) is 5.22. The van der Waals surface area contributed by atoms with E-state index in [1.54, 1.807) is 18.6 Å². The van der Waals surface area contributed by atoms with Gasteiger partial charge >= 0.3 is 0 Å². The van der Waals surface area contributed by atoms with Gasteiger partial charge in [-0.2, -0.15) is 0 Å². The highest BCUT2D eigenvalue weighted by atomic mass is 16.1. The number of benzene rings is 2. The molecule has 4 aromatic rings. The fourth-order valence-electron chi connectivity index (χ4n) is 4.28. The van der Waals surface area contributed by atoms with Crippen LogP contribution in [0.1, 0.15) is 21.5 Å². The molecule has 0 atom stereocenters. The van der Waals surface area contributed by atoms with Gasteiger partial charge in [-0.15, -0.1) is 0 Å². The lowest BCUT2D eigenvalue weighted by molar-refractivity contribution is 0.102. The highest BCUT2D eigenvalue weighted by Crippen LogP contribution is 2.24. The number of hydrogen-bond donors (Lipinski definition) is 2. The van der Waals surface area contributed by atoms with Crippen molar-refractivity contribution in [1.29, 1.82) is 0 Å². The first-order chi connectivity index (χ1) is 18.0. The predicted molar refractivity (Wildman–Crippen MR) is 147 cm³/mol. The maximum atomic E-state index is 12.9. The van der Waals surface area contributed by atoms with Crippen molar-refractivity contribution in [2.24, 2.45) is 0 Å². The van der Waals surface area contributed by atoms with Crippen molar-refractivity contribution in [3.05, 3.63) is 95.9 Å². The zero-order valence-electron chi connectivity index (χ0n) is 21.2. The molecular weight excluding hydrogens is 464 g/mol. The molecule has 0 radical (unpaired) electrons. The Balaban J connectivity index is 1.24. The molecule has 1 aliphatic rings. The second kappa shape index (κ2) is 11.3. The van der Waals surface area contributed by atoms with E-state index in [4.69, 9.17) is 0 Å². The molecule has 1 fully saturated rings. The van der Waals surface area contributed by atoms with E-state index < -0.39 is 0 Å². The number of amides is 1. The molecule has 2 aromatic heterocycles. The number of nitrogens with zero attached hydrogens (tertiary/aromatic N) is 5. The number of nitrogens with one attached hydrogen (secondary N) is 2. The van der Waals surface area contributed by atoms with Gasteiger partial charge in [-0.05, 0) is 67.6 Å². The highest BCUT2D eigenvalue weighted by Gasteiger charge is 2.14. The van der Waals surface area contributed by atoms with Gasteiger partial charge in [0.2, 0.25) is 5.95 Å². The Hall–Kier alpha value is -4.14. The number of pyridine rings is 1. The van der Waals surface area contributed by atoms with Gasteiger partial charge in [-0.3, -0.25) is 14.7 Å². The van der Waals surface area contributed by atoms with Crippen LogP contribution in [0.25, 0.3) is 11.3 Å². The Morgan fingerprint density at radius 3 is 2.57 bits per heavy atom. The van der Waals surface area contributed by atoms with E-state index >= 15 is 0 Å². The summed E-state index contributed by atoms with van der Waals surface area (Å²) < 4.78 is 0. The van der Waals surface area contributed by atoms with E-state index in [0.717, 1.165) is 55.2 Å². The lowest BCUT2D eigenvalue weighted by atomic mass is 10.1. The maximum Gasteiger partial charge on any atom is 0.255 e. The molecule has 8 nitrogen and oxygen atoms in total. The average Bonchev–Trinajstić information content (AvgIpc) is 2.93. The molecule has 0 spiro atoms. The molecule has 5 rings (SSSR count). The summed E-state index contributed by atoms with van der Waals surface area (Å²) in [7, 11) is 2.16. The Labute approximate surface area is 217 Å². The molecule has 37 heavy (non-hydrogen) atoms. The summed E-state index contributed by atoms with van der Waals surface area (Å²) in [5.41, 5.74) is 6.08. The molecule has 1 aliphatic heterocycles. The second-order valence-corrected chi connectivity index (χ2v) is 9.39. The summed E-state index contributed by atoms with van der Waals surface area (Å²) in [6.45, 7) is 7.24. The zero-order valence-corrected chi connectivity index (χ0v) is 21.2. The number of hydrogen-bond acceptors (Lipinski definition) is 7. The standard InChI is InChI=1S/C29H31N7O/c1-21-5-10-25(18-27(21)34-29-31-13-11-26(33-29)24-4-3-12-30-19-24)32-28(37)23-8-6-22(7-9-23)20-36-16-14-35(2)15-17-36/h3-13,18-19H,14-17,20H2,1-2H3,(H,32,37)(H,31,33,34)/i19+2. The van der Waals surface area contributed by atoms with Crippen LogP contribution in [0.15, 0.2) is 79.3 Å². The lowest BCUT2D eigenvalue weighted by Gasteiger charge is -2.32. The first kappa shape index (κ1) is 24.5. The van der Waals surface area contributed by atoms with Gasteiger partial charge in [0.15, 0.2) is 0 Å². The number of aryl methyl sites for hydroxylation is 1. The van der Waals surface area contributed by atoms with E-state index in [2.05, 4.69) is 42.4 Å². The van der Waals surface area contributed by atoms with Crippen LogP contribution in [-0.4, -0.2) is 63.9 Å². The minimum absolute atomic E-state index is 0.143. The molecule has 1 amide bonds. The molecule has 3 heterocycles. The van der Waals surface area contributed by atoms with Crippen LogP contribution in [0.2, 0.25) is 0 Å². The number of carbonyl (C=O) groups is 1. The van der Waals surface area contributed by atoms with Crippen molar-refractivity contribution in [1.82, 2.24) is 24.8 Å². The topological polar surface area (TPSA) is 86.3 Å². The highest BCUT2D eigenvalue weighted by molar-refractivity contribution is 6.04. The maximum absolute atomic E-state index is 12.9. The fourth-order valence-corrected chi connectivity index (χ4v) is 4.28. The largest absolute Gasteiger partial charge is 0.324 e. The quantitative estimate of drug-likeness (QED) is 0.388. The van der Waals surface area contributed by atoms with Gasteiger partial charge < -0.3 is 15.5 Å². The van der Waals surface area contributed by atoms with Crippen LogP contribution in [0.4, 0.5) is 17.3 Å². The Bertz CT molecular complexity index is 1350. The van der Waals surface area contributed by atoms with E-state index in [1.807, 2.05) is 67.6 Å². The van der Waals surface area contributed by atoms with Crippen molar-refractivity contribution in [3.63, 3.8) is 0 Å². The van der Waals surface area contributed by atoms with E-state index in [9.17, 15) is 4.79 Å². The van der Waals surface area contributed by atoms with E-state index in [1.165, 1.54) is 5.56 Å². The smallest absolute Gasteiger partial charge is 0.255 e. The molecule has 188 valence electrons. The molecule has 8 heteroatoms. The normalized spacial score (nSPS) is 14.3. The third-order valence-electron chi connectivity index (χ3n) is 6.57. The van der Waals surface area contributed by atoms with Crippen LogP contribution in [0.3, 0.4) is 0 Å². The molecule has 1 saturated heterocycles. The molecule has 2 N–H and O–H groups in total. The summed E-state index contributed by atoms with van der Waals surface area (Å²) in [5.74, 6) is 0.333. The van der Waals surface area contributed by atoms with Gasteiger partial charge in [0.25, 0.3) is 5.91 Å². The summed E-state index contributed by atoms with van der Waals surface area (Å²) in [5, 5.41) is 6.29. The Morgan fingerprint density at radius 2 is 1.81 bits per heavy atom. The van der Waals surface area contributed by atoms with Gasteiger partial charge in [0, 0.05) is 73.8 Å². The third-order valence-corrected chi connectivity index (χ3v) is 6.57. The van der Waals surface area contributed by atoms with Crippen molar-refractivity contribution < 1.29 is 4.79 Å². The number of rotatable bonds is 7. The van der Waals surface area contributed by atoms with E-state index in [0.29, 0.717) is 17.2 Å². The van der Waals surface area contributed by atoms with Crippen molar-refractivity contribution >= 4 is 23.2 Å². The number of aromatic nitrogens is 3. The second-order valence-electron chi connectivity index (χ2n) is 9.39. The number of anilines is 3. The number of piperazine rings is 1. The molecular formula is C29H31N7O. The summed E-state index contributed by atoms with van der Waals surface area (Å²) in [4.78, 5) is 30.9. The Morgan fingerprint density at radius 1 is 1.00 bits per heavy atom. The zero-order chi connectivity index (χ0) is 25.6. The average molecular weight is 496 g/mol. The summed E-state index contributed by atoms with van der Waals surface area (Å²) >= 11 is 0. The number of carbonyl (C=O) groups excluding carboxylic acids is 1. The SMILES string of the molecule is Cc1ccc(NC(=O)c2ccc(CN3CCN(C)CC3)cc2)cc1Nc1nccc(-c2cccn[14cH]2)n1. The van der Waals surface area contributed by atoms with Gasteiger partial charge in [-0.1, -0.05) is 18.2 Å². The van der Waals surface area contributed by atoms with E-state index in [-0.39, 0.29) is 5.91 Å². The molecule has 2 aromatic carbocycles. The summed E-state index contributed by atoms with van der Waals surface area (Å²) in [6, 6.07) is 19.3. The van der Waals surface area contributed by atoms with Crippen molar-refractivity contribution in [2.45, 2.75) is 13.5 Å². The minimum Gasteiger partial charge on any atom is -0.324 e. The van der Waals surface area contributed by atoms with Crippen LogP contribution in [0, 0.1) is 6.92 Å². The van der Waals surface area contributed by atoms with Crippen molar-refractivity contribution in [2.75, 3.05) is 43.9 Å². The fraction of sp³-hybridized carbons (Fsp3) is 0.241. The van der Waals surface area contributed by atoms with Crippen LogP contribution in [0.5, 0.6) is 0 Å². The first-order valence-corrected chi connectivity index (χ1v) is 12.5.